The van der Waals surface area contributed by atoms with Crippen molar-refractivity contribution in [2.75, 3.05) is 11.1 Å². The molecule has 1 aromatic heterocycles. The van der Waals surface area contributed by atoms with Crippen molar-refractivity contribution in [3.63, 3.8) is 0 Å². The molecule has 126 valence electrons. The Morgan fingerprint density at radius 2 is 2.16 bits per heavy atom. The molecule has 3 aromatic rings. The van der Waals surface area contributed by atoms with Gasteiger partial charge in [0.1, 0.15) is 0 Å². The van der Waals surface area contributed by atoms with E-state index in [1.807, 2.05) is 24.3 Å². The molecule has 4 rings (SSSR count). The minimum absolute atomic E-state index is 0.244. The summed E-state index contributed by atoms with van der Waals surface area (Å²) in [6.07, 6.45) is 2.06. The van der Waals surface area contributed by atoms with Crippen molar-refractivity contribution in [1.29, 1.82) is 0 Å². The topological polar surface area (TPSA) is 46.9 Å². The van der Waals surface area contributed by atoms with Crippen LogP contribution < -0.4 is 5.32 Å². The number of fused-ring (bicyclic) bond motifs is 1. The normalized spacial score (nSPS) is 12.9. The van der Waals surface area contributed by atoms with Gasteiger partial charge in [0.05, 0.1) is 16.3 Å². The summed E-state index contributed by atoms with van der Waals surface area (Å²) in [6.45, 7) is 0.991. The van der Waals surface area contributed by atoms with E-state index >= 15 is 0 Å². The Hall–Kier alpha value is -1.76. The summed E-state index contributed by atoms with van der Waals surface area (Å²) >= 11 is 11.3. The molecule has 0 aliphatic carbocycles. The molecule has 0 spiro atoms. The minimum atomic E-state index is -0.244. The van der Waals surface area contributed by atoms with Crippen molar-refractivity contribution in [3.05, 3.63) is 63.7 Å². The maximum atomic E-state index is 12.5. The quantitative estimate of drug-likeness (QED) is 0.606. The van der Waals surface area contributed by atoms with Crippen LogP contribution in [-0.2, 0) is 6.54 Å². The van der Waals surface area contributed by atoms with Gasteiger partial charge in [0.25, 0.3) is 5.91 Å². The lowest BCUT2D eigenvalue weighted by Crippen LogP contribution is -2.12. The van der Waals surface area contributed by atoms with E-state index in [-0.39, 0.29) is 5.91 Å². The molecule has 0 unspecified atom stereocenters. The zero-order valence-corrected chi connectivity index (χ0v) is 16.2. The van der Waals surface area contributed by atoms with E-state index in [0.29, 0.717) is 16.3 Å². The van der Waals surface area contributed by atoms with Crippen LogP contribution in [0.5, 0.6) is 0 Å². The van der Waals surface area contributed by atoms with Crippen molar-refractivity contribution in [3.8, 4) is 11.3 Å². The number of benzene rings is 2. The van der Waals surface area contributed by atoms with Crippen molar-refractivity contribution in [2.24, 2.45) is 0 Å². The molecule has 0 saturated carbocycles. The fourth-order valence-electron chi connectivity index (χ4n) is 2.67. The Kier molecular flexibility index (Phi) is 4.58. The van der Waals surface area contributed by atoms with Crippen LogP contribution in [0.2, 0.25) is 5.02 Å². The number of aromatic nitrogens is 2. The Bertz CT molecular complexity index is 951. The van der Waals surface area contributed by atoms with Crippen LogP contribution in [0, 0.1) is 0 Å². The van der Waals surface area contributed by atoms with Crippen LogP contribution in [-0.4, -0.2) is 21.2 Å². The Morgan fingerprint density at radius 3 is 3.00 bits per heavy atom. The molecular formula is C18H13BrClN3OS. The number of anilines is 1. The molecular weight excluding hydrogens is 422 g/mol. The fourth-order valence-corrected chi connectivity index (χ4v) is 4.18. The molecule has 1 N–H and O–H groups in total. The van der Waals surface area contributed by atoms with Crippen LogP contribution in [0.3, 0.4) is 0 Å². The molecule has 0 bridgehead atoms. The molecule has 0 radical (unpaired) electrons. The van der Waals surface area contributed by atoms with Crippen molar-refractivity contribution in [2.45, 2.75) is 11.7 Å². The van der Waals surface area contributed by atoms with E-state index < -0.39 is 0 Å². The molecule has 2 heterocycles. The first kappa shape index (κ1) is 16.7. The summed E-state index contributed by atoms with van der Waals surface area (Å²) in [6, 6.07) is 12.9. The molecule has 0 saturated heterocycles. The maximum Gasteiger partial charge on any atom is 0.257 e. The average molecular weight is 435 g/mol. The molecule has 7 heteroatoms. The van der Waals surface area contributed by atoms with Crippen molar-refractivity contribution >= 4 is 50.9 Å². The third kappa shape index (κ3) is 3.47. The van der Waals surface area contributed by atoms with Crippen LogP contribution >= 0.6 is 39.3 Å². The maximum absolute atomic E-state index is 12.5. The third-order valence-corrected chi connectivity index (χ3v) is 5.69. The van der Waals surface area contributed by atoms with Gasteiger partial charge in [-0.1, -0.05) is 51.4 Å². The Balaban J connectivity index is 1.59. The molecule has 4 nitrogen and oxygen atoms in total. The summed E-state index contributed by atoms with van der Waals surface area (Å²) in [4.78, 5) is 17.2. The van der Waals surface area contributed by atoms with Crippen LogP contribution in [0.15, 0.2) is 58.3 Å². The van der Waals surface area contributed by atoms with E-state index in [9.17, 15) is 4.79 Å². The van der Waals surface area contributed by atoms with Crippen molar-refractivity contribution in [1.82, 2.24) is 9.55 Å². The SMILES string of the molecule is O=C(Nc1cccc(-c2cn3c(n2)SCC3)c1)c1cc(Br)ccc1Cl. The van der Waals surface area contributed by atoms with Gasteiger partial charge in [-0.15, -0.1) is 0 Å². The highest BCUT2D eigenvalue weighted by atomic mass is 79.9. The van der Waals surface area contributed by atoms with E-state index in [1.165, 1.54) is 0 Å². The number of carbonyl (C=O) groups excluding carboxylic acids is 1. The summed E-state index contributed by atoms with van der Waals surface area (Å²) < 4.78 is 2.97. The van der Waals surface area contributed by atoms with Gasteiger partial charge in [0.2, 0.25) is 0 Å². The van der Waals surface area contributed by atoms with E-state index in [2.05, 4.69) is 37.0 Å². The van der Waals surface area contributed by atoms with Gasteiger partial charge in [-0.25, -0.2) is 4.98 Å². The second kappa shape index (κ2) is 6.86. The average Bonchev–Trinajstić information content (AvgIpc) is 3.19. The van der Waals surface area contributed by atoms with Gasteiger partial charge in [-0.05, 0) is 30.3 Å². The second-order valence-corrected chi connectivity index (χ2v) is 7.99. The molecule has 1 aliphatic heterocycles. The summed E-state index contributed by atoms with van der Waals surface area (Å²) in [5.74, 6) is 0.831. The first-order chi connectivity index (χ1) is 12.1. The Labute approximate surface area is 162 Å². The van der Waals surface area contributed by atoms with Crippen molar-refractivity contribution < 1.29 is 4.79 Å². The smallest absolute Gasteiger partial charge is 0.257 e. The monoisotopic (exact) mass is 433 g/mol. The highest BCUT2D eigenvalue weighted by Crippen LogP contribution is 2.30. The summed E-state index contributed by atoms with van der Waals surface area (Å²) in [7, 11) is 0. The number of nitrogens with zero attached hydrogens (tertiary/aromatic N) is 2. The van der Waals surface area contributed by atoms with E-state index in [0.717, 1.165) is 33.2 Å². The number of carbonyl (C=O) groups is 1. The van der Waals surface area contributed by atoms with Crippen LogP contribution in [0.25, 0.3) is 11.3 Å². The summed E-state index contributed by atoms with van der Waals surface area (Å²) in [5.41, 5.74) is 3.03. The number of thioether (sulfide) groups is 1. The number of rotatable bonds is 3. The van der Waals surface area contributed by atoms with Crippen LogP contribution in [0.4, 0.5) is 5.69 Å². The fraction of sp³-hybridized carbons (Fsp3) is 0.111. The lowest BCUT2D eigenvalue weighted by molar-refractivity contribution is 0.102. The molecule has 0 fully saturated rings. The number of amides is 1. The largest absolute Gasteiger partial charge is 0.325 e. The molecule has 0 atom stereocenters. The zero-order chi connectivity index (χ0) is 17.4. The first-order valence-corrected chi connectivity index (χ1v) is 9.82. The van der Waals surface area contributed by atoms with Crippen LogP contribution in [0.1, 0.15) is 10.4 Å². The predicted octanol–water partition coefficient (Wildman–Crippen LogP) is 5.32. The van der Waals surface area contributed by atoms with E-state index in [4.69, 9.17) is 11.6 Å². The zero-order valence-electron chi connectivity index (χ0n) is 13.0. The highest BCUT2D eigenvalue weighted by Gasteiger charge is 2.16. The number of hydrogen-bond acceptors (Lipinski definition) is 3. The molecule has 1 amide bonds. The molecule has 1 aliphatic rings. The number of aryl methyl sites for hydroxylation is 1. The number of nitrogens with one attached hydrogen (secondary N) is 1. The predicted molar refractivity (Wildman–Crippen MR) is 105 cm³/mol. The van der Waals surface area contributed by atoms with Gasteiger partial charge in [0.15, 0.2) is 5.16 Å². The van der Waals surface area contributed by atoms with Gasteiger partial charge < -0.3 is 9.88 Å². The standard InChI is InChI=1S/C18H13BrClN3OS/c19-12-4-5-15(20)14(9-12)17(24)21-13-3-1-2-11(8-13)16-10-23-6-7-25-18(23)22-16/h1-5,8-10H,6-7H2,(H,21,24). The molecule has 25 heavy (non-hydrogen) atoms. The number of halogens is 2. The minimum Gasteiger partial charge on any atom is -0.325 e. The van der Waals surface area contributed by atoms with Gasteiger partial charge >= 0.3 is 0 Å². The van der Waals surface area contributed by atoms with Gasteiger partial charge in [0, 0.05) is 34.2 Å². The number of imidazole rings is 1. The number of hydrogen-bond donors (Lipinski definition) is 1. The summed E-state index contributed by atoms with van der Waals surface area (Å²) in [5, 5.41) is 4.36. The van der Waals surface area contributed by atoms with E-state index in [1.54, 1.807) is 30.0 Å². The third-order valence-electron chi connectivity index (χ3n) is 3.89. The first-order valence-electron chi connectivity index (χ1n) is 7.67. The van der Waals surface area contributed by atoms with Gasteiger partial charge in [-0.3, -0.25) is 4.79 Å². The molecule has 2 aromatic carbocycles. The second-order valence-electron chi connectivity index (χ2n) is 5.61. The highest BCUT2D eigenvalue weighted by molar-refractivity contribution is 9.10. The van der Waals surface area contributed by atoms with Gasteiger partial charge in [-0.2, -0.15) is 0 Å². The lowest BCUT2D eigenvalue weighted by atomic mass is 10.1. The Morgan fingerprint density at radius 1 is 1.28 bits per heavy atom. The lowest BCUT2D eigenvalue weighted by Gasteiger charge is -2.08.